The number of carboxylic acid groups (broad SMARTS) is 1. The maximum atomic E-state index is 11.2. The van der Waals surface area contributed by atoms with E-state index in [1.165, 1.54) is 0 Å². The predicted molar refractivity (Wildman–Crippen MR) is 135 cm³/mol. The third kappa shape index (κ3) is 5.58. The van der Waals surface area contributed by atoms with Gasteiger partial charge in [0, 0.05) is 17.1 Å². The summed E-state index contributed by atoms with van der Waals surface area (Å²) in [6.45, 7) is -0.505. The molecule has 0 saturated heterocycles. The van der Waals surface area contributed by atoms with Crippen molar-refractivity contribution >= 4 is 41.5 Å². The number of carboxylic acids is 1. The lowest BCUT2D eigenvalue weighted by atomic mass is 10.1. The fourth-order valence-corrected chi connectivity index (χ4v) is 3.54. The number of aliphatic carboxylic acids is 1. The Labute approximate surface area is 198 Å². The van der Waals surface area contributed by atoms with Crippen LogP contribution in [-0.4, -0.2) is 24.0 Å². The van der Waals surface area contributed by atoms with Crippen molar-refractivity contribution in [1.29, 1.82) is 0 Å². The van der Waals surface area contributed by atoms with Crippen molar-refractivity contribution in [2.45, 2.75) is 0 Å². The summed E-state index contributed by atoms with van der Waals surface area (Å²) < 4.78 is 5.24. The van der Waals surface area contributed by atoms with Crippen LogP contribution in [-0.2, 0) is 4.79 Å². The Morgan fingerprint density at radius 2 is 1.26 bits per heavy atom. The molecule has 1 N–H and O–H groups in total. The fourth-order valence-electron chi connectivity index (χ4n) is 3.54. The van der Waals surface area contributed by atoms with Crippen molar-refractivity contribution in [3.8, 4) is 5.75 Å². The Morgan fingerprint density at radius 1 is 0.735 bits per heavy atom. The molecule has 0 atom stereocenters. The smallest absolute Gasteiger partial charge is 0.341 e. The first-order valence-corrected chi connectivity index (χ1v) is 10.8. The molecule has 0 aliphatic heterocycles. The number of carbonyl (C=O) groups excluding carboxylic acids is 1. The molecule has 168 valence electrons. The van der Waals surface area contributed by atoms with E-state index in [2.05, 4.69) is 41.3 Å². The molecule has 0 fully saturated rings. The number of ether oxygens (including phenoxy) is 1. The molecule has 5 nitrogen and oxygen atoms in total. The van der Waals surface area contributed by atoms with Gasteiger partial charge in [-0.15, -0.1) is 0 Å². The van der Waals surface area contributed by atoms with Gasteiger partial charge in [0.15, 0.2) is 12.9 Å². The molecule has 4 aromatic carbocycles. The lowest BCUT2D eigenvalue weighted by molar-refractivity contribution is -0.139. The molecule has 4 rings (SSSR count). The highest BCUT2D eigenvalue weighted by atomic mass is 16.5. The minimum absolute atomic E-state index is 0.247. The highest BCUT2D eigenvalue weighted by molar-refractivity contribution is 5.82. The summed E-state index contributed by atoms with van der Waals surface area (Å²) in [5, 5.41) is 8.84. The maximum Gasteiger partial charge on any atom is 0.341 e. The van der Waals surface area contributed by atoms with Gasteiger partial charge in [-0.1, -0.05) is 66.7 Å². The van der Waals surface area contributed by atoms with Crippen LogP contribution in [0.1, 0.15) is 21.5 Å². The second-order valence-corrected chi connectivity index (χ2v) is 7.53. The van der Waals surface area contributed by atoms with Crippen molar-refractivity contribution in [2.24, 2.45) is 0 Å². The number of para-hydroxylation sites is 2. The van der Waals surface area contributed by atoms with Crippen molar-refractivity contribution in [2.75, 3.05) is 11.5 Å². The highest BCUT2D eigenvalue weighted by Gasteiger charge is 2.11. The van der Waals surface area contributed by atoms with Gasteiger partial charge in [0.05, 0.1) is 5.56 Å². The van der Waals surface area contributed by atoms with Gasteiger partial charge in [-0.05, 0) is 59.7 Å². The molecular formula is C29H23NO4. The van der Waals surface area contributed by atoms with Gasteiger partial charge in [0.25, 0.3) is 0 Å². The first-order chi connectivity index (χ1) is 16.6. The molecule has 0 amide bonds. The quantitative estimate of drug-likeness (QED) is 0.230. The molecule has 0 heterocycles. The van der Waals surface area contributed by atoms with Crippen LogP contribution in [0.4, 0.5) is 17.1 Å². The minimum atomic E-state index is -1.10. The summed E-state index contributed by atoms with van der Waals surface area (Å²) in [5.74, 6) is -0.853. The van der Waals surface area contributed by atoms with Crippen LogP contribution in [0.25, 0.3) is 12.2 Å². The van der Waals surface area contributed by atoms with E-state index < -0.39 is 12.6 Å². The van der Waals surface area contributed by atoms with Gasteiger partial charge in [0.2, 0.25) is 0 Å². The number of rotatable bonds is 9. The molecule has 0 spiro atoms. The molecular weight excluding hydrogens is 426 g/mol. The van der Waals surface area contributed by atoms with E-state index in [1.54, 1.807) is 18.2 Å². The number of aldehydes is 1. The first kappa shape index (κ1) is 22.6. The average molecular weight is 450 g/mol. The zero-order chi connectivity index (χ0) is 23.8. The Hall–Kier alpha value is -4.64. The van der Waals surface area contributed by atoms with Crippen LogP contribution < -0.4 is 9.64 Å². The summed E-state index contributed by atoms with van der Waals surface area (Å²) in [5.41, 5.74) is 5.28. The molecule has 0 radical (unpaired) electrons. The highest BCUT2D eigenvalue weighted by Crippen LogP contribution is 2.34. The topological polar surface area (TPSA) is 66.8 Å². The molecule has 0 aromatic heterocycles. The number of hydrogen-bond acceptors (Lipinski definition) is 4. The van der Waals surface area contributed by atoms with Crippen LogP contribution in [0.2, 0.25) is 0 Å². The van der Waals surface area contributed by atoms with Crippen molar-refractivity contribution in [1.82, 2.24) is 0 Å². The Morgan fingerprint density at radius 3 is 1.82 bits per heavy atom. The average Bonchev–Trinajstić information content (AvgIpc) is 2.88. The van der Waals surface area contributed by atoms with Crippen molar-refractivity contribution in [3.63, 3.8) is 0 Å². The summed E-state index contributed by atoms with van der Waals surface area (Å²) >= 11 is 0. The normalized spacial score (nSPS) is 10.7. The molecule has 34 heavy (non-hydrogen) atoms. The molecule has 0 aliphatic carbocycles. The SMILES string of the molecule is O=Cc1ccc(/C=C/c2ccc(N(c3ccccc3)c3ccccc3)cc2)cc1OCC(=O)O. The second-order valence-electron chi connectivity index (χ2n) is 7.53. The van der Waals surface area contributed by atoms with Crippen molar-refractivity contribution in [3.05, 3.63) is 120 Å². The Balaban J connectivity index is 1.57. The lowest BCUT2D eigenvalue weighted by Gasteiger charge is -2.25. The van der Waals surface area contributed by atoms with Crippen molar-refractivity contribution < 1.29 is 19.4 Å². The third-order valence-electron chi connectivity index (χ3n) is 5.16. The van der Waals surface area contributed by atoms with E-state index in [0.29, 0.717) is 11.8 Å². The van der Waals surface area contributed by atoms with E-state index >= 15 is 0 Å². The van der Waals surface area contributed by atoms with Gasteiger partial charge >= 0.3 is 5.97 Å². The summed E-state index contributed by atoms with van der Waals surface area (Å²) in [7, 11) is 0. The van der Waals surface area contributed by atoms with E-state index in [9.17, 15) is 9.59 Å². The van der Waals surface area contributed by atoms with Crippen LogP contribution in [0.15, 0.2) is 103 Å². The first-order valence-electron chi connectivity index (χ1n) is 10.8. The van der Waals surface area contributed by atoms with Gasteiger partial charge in [-0.2, -0.15) is 0 Å². The lowest BCUT2D eigenvalue weighted by Crippen LogP contribution is -2.10. The van der Waals surface area contributed by atoms with E-state index in [-0.39, 0.29) is 5.75 Å². The fraction of sp³-hybridized carbons (Fsp3) is 0.0345. The number of benzene rings is 4. The predicted octanol–water partition coefficient (Wildman–Crippen LogP) is 6.60. The number of carbonyl (C=O) groups is 2. The van der Waals surface area contributed by atoms with E-state index in [0.717, 1.165) is 28.2 Å². The van der Waals surface area contributed by atoms with Crippen LogP contribution in [0.5, 0.6) is 5.75 Å². The van der Waals surface area contributed by atoms with Gasteiger partial charge in [-0.25, -0.2) is 4.79 Å². The van der Waals surface area contributed by atoms with Crippen LogP contribution >= 0.6 is 0 Å². The summed E-state index contributed by atoms with van der Waals surface area (Å²) in [4.78, 5) is 24.2. The van der Waals surface area contributed by atoms with E-state index in [1.807, 2.05) is 60.7 Å². The molecule has 4 aromatic rings. The zero-order valence-electron chi connectivity index (χ0n) is 18.4. The third-order valence-corrected chi connectivity index (χ3v) is 5.16. The minimum Gasteiger partial charge on any atom is -0.481 e. The Kier molecular flexibility index (Phi) is 7.16. The standard InChI is InChI=1S/C29H23NO4/c31-20-24-16-13-23(19-28(24)34-21-29(32)33)12-11-22-14-17-27(18-15-22)30(25-7-3-1-4-8-25)26-9-5-2-6-10-26/h1-20H,21H2,(H,32,33)/b12-11+. The molecule has 0 unspecified atom stereocenters. The maximum absolute atomic E-state index is 11.2. The monoisotopic (exact) mass is 449 g/mol. The summed E-state index contributed by atoms with van der Waals surface area (Å²) in [6.07, 6.45) is 4.49. The largest absolute Gasteiger partial charge is 0.481 e. The van der Waals surface area contributed by atoms with Gasteiger partial charge < -0.3 is 14.7 Å². The second kappa shape index (κ2) is 10.8. The van der Waals surface area contributed by atoms with Gasteiger partial charge in [-0.3, -0.25) is 4.79 Å². The molecule has 5 heteroatoms. The number of hydrogen-bond donors (Lipinski definition) is 1. The zero-order valence-corrected chi connectivity index (χ0v) is 18.4. The molecule has 0 bridgehead atoms. The van der Waals surface area contributed by atoms with E-state index in [4.69, 9.17) is 9.84 Å². The summed E-state index contributed by atoms with van der Waals surface area (Å²) in [6, 6.07) is 33.7. The van der Waals surface area contributed by atoms with Crippen LogP contribution in [0, 0.1) is 0 Å². The Bertz CT molecular complexity index is 1240. The van der Waals surface area contributed by atoms with Crippen LogP contribution in [0.3, 0.4) is 0 Å². The molecule has 0 saturated carbocycles. The molecule has 0 aliphatic rings. The number of nitrogens with zero attached hydrogens (tertiary/aromatic N) is 1. The number of anilines is 3. The van der Waals surface area contributed by atoms with Gasteiger partial charge in [0.1, 0.15) is 5.75 Å².